The molecule has 1 amide bonds. The predicted molar refractivity (Wildman–Crippen MR) is 89.9 cm³/mol. The van der Waals surface area contributed by atoms with Gasteiger partial charge in [0.1, 0.15) is 0 Å². The Hall–Kier alpha value is -1.96. The molecule has 2 aromatic carbocycles. The number of benzene rings is 2. The van der Waals surface area contributed by atoms with Gasteiger partial charge in [0.2, 0.25) is 5.91 Å². The molecule has 0 aliphatic heterocycles. The van der Waals surface area contributed by atoms with Gasteiger partial charge in [-0.2, -0.15) is 5.26 Å². The van der Waals surface area contributed by atoms with E-state index in [1.54, 1.807) is 18.2 Å². The summed E-state index contributed by atoms with van der Waals surface area (Å²) < 4.78 is 0. The van der Waals surface area contributed by atoms with E-state index in [0.717, 1.165) is 10.5 Å². The summed E-state index contributed by atoms with van der Waals surface area (Å²) in [7, 11) is 0. The topological polar surface area (TPSA) is 52.9 Å². The lowest BCUT2D eigenvalue weighted by molar-refractivity contribution is -0.119. The maximum absolute atomic E-state index is 12.0. The van der Waals surface area contributed by atoms with Crippen LogP contribution >= 0.6 is 23.4 Å². The lowest BCUT2D eigenvalue weighted by Gasteiger charge is -2.14. The number of thioether (sulfide) groups is 1. The molecule has 0 aliphatic carbocycles. The van der Waals surface area contributed by atoms with Crippen LogP contribution in [0.1, 0.15) is 24.1 Å². The van der Waals surface area contributed by atoms with Gasteiger partial charge < -0.3 is 5.32 Å². The number of halogens is 1. The van der Waals surface area contributed by atoms with E-state index in [1.807, 2.05) is 43.3 Å². The zero-order valence-corrected chi connectivity index (χ0v) is 13.6. The molecule has 0 saturated heterocycles. The molecule has 0 unspecified atom stereocenters. The lowest BCUT2D eigenvalue weighted by atomic mass is 10.1. The molecule has 0 aliphatic rings. The first kappa shape index (κ1) is 16.4. The third kappa shape index (κ3) is 4.52. The molecule has 0 saturated carbocycles. The van der Waals surface area contributed by atoms with Crippen molar-refractivity contribution in [3.8, 4) is 6.07 Å². The second kappa shape index (κ2) is 7.88. The van der Waals surface area contributed by atoms with E-state index in [9.17, 15) is 4.79 Å². The molecule has 0 bridgehead atoms. The standard InChI is InChI=1S/C17H15ClN2OS/c1-12(14-5-3-2-4-6-14)20-17(21)11-22-16-8-7-13(10-19)9-15(16)18/h2-9,12H,11H2,1H3,(H,20,21)/t12-/m0/s1. The Labute approximate surface area is 139 Å². The van der Waals surface area contributed by atoms with Crippen LogP contribution in [0.15, 0.2) is 53.4 Å². The van der Waals surface area contributed by atoms with Gasteiger partial charge in [0, 0.05) is 4.90 Å². The Balaban J connectivity index is 1.89. The van der Waals surface area contributed by atoms with Crippen molar-refractivity contribution in [1.29, 1.82) is 5.26 Å². The summed E-state index contributed by atoms with van der Waals surface area (Å²) in [5, 5.41) is 12.2. The van der Waals surface area contributed by atoms with Crippen LogP contribution in [0.25, 0.3) is 0 Å². The van der Waals surface area contributed by atoms with Crippen molar-refractivity contribution in [2.24, 2.45) is 0 Å². The number of nitriles is 1. The van der Waals surface area contributed by atoms with Gasteiger partial charge in [0.05, 0.1) is 28.5 Å². The second-order valence-electron chi connectivity index (χ2n) is 4.75. The van der Waals surface area contributed by atoms with Crippen LogP contribution in [0.3, 0.4) is 0 Å². The van der Waals surface area contributed by atoms with Gasteiger partial charge in [-0.05, 0) is 30.7 Å². The lowest BCUT2D eigenvalue weighted by Crippen LogP contribution is -2.28. The molecule has 112 valence electrons. The highest BCUT2D eigenvalue weighted by molar-refractivity contribution is 8.00. The molecule has 2 rings (SSSR count). The minimum absolute atomic E-state index is 0.0364. The summed E-state index contributed by atoms with van der Waals surface area (Å²) in [6.45, 7) is 1.95. The number of carbonyl (C=O) groups is 1. The quantitative estimate of drug-likeness (QED) is 0.837. The number of hydrogen-bond donors (Lipinski definition) is 1. The van der Waals surface area contributed by atoms with E-state index >= 15 is 0 Å². The largest absolute Gasteiger partial charge is 0.349 e. The monoisotopic (exact) mass is 330 g/mol. The Morgan fingerprint density at radius 2 is 2.05 bits per heavy atom. The minimum atomic E-state index is -0.0539. The van der Waals surface area contributed by atoms with E-state index in [2.05, 4.69) is 5.32 Å². The fourth-order valence-corrected chi connectivity index (χ4v) is 3.01. The molecule has 1 atom stereocenters. The van der Waals surface area contributed by atoms with Crippen molar-refractivity contribution in [3.05, 3.63) is 64.7 Å². The van der Waals surface area contributed by atoms with Gasteiger partial charge in [-0.25, -0.2) is 0 Å². The van der Waals surface area contributed by atoms with Crippen molar-refractivity contribution in [1.82, 2.24) is 5.32 Å². The van der Waals surface area contributed by atoms with Gasteiger partial charge in [-0.1, -0.05) is 41.9 Å². The molecule has 0 aromatic heterocycles. The Morgan fingerprint density at radius 3 is 2.68 bits per heavy atom. The third-order valence-electron chi connectivity index (χ3n) is 3.10. The van der Waals surface area contributed by atoms with Gasteiger partial charge in [0.15, 0.2) is 0 Å². The van der Waals surface area contributed by atoms with Gasteiger partial charge >= 0.3 is 0 Å². The maximum Gasteiger partial charge on any atom is 0.230 e. The molecule has 1 N–H and O–H groups in total. The zero-order chi connectivity index (χ0) is 15.9. The fraction of sp³-hybridized carbons (Fsp3) is 0.176. The van der Waals surface area contributed by atoms with Crippen LogP contribution in [-0.4, -0.2) is 11.7 Å². The van der Waals surface area contributed by atoms with Crippen LogP contribution in [0, 0.1) is 11.3 Å². The smallest absolute Gasteiger partial charge is 0.230 e. The highest BCUT2D eigenvalue weighted by Gasteiger charge is 2.10. The van der Waals surface area contributed by atoms with Gasteiger partial charge in [-0.15, -0.1) is 11.8 Å². The normalized spacial score (nSPS) is 11.5. The number of carbonyl (C=O) groups excluding carboxylic acids is 1. The van der Waals surface area contributed by atoms with Crippen molar-refractivity contribution in [2.75, 3.05) is 5.75 Å². The van der Waals surface area contributed by atoms with Crippen molar-refractivity contribution >= 4 is 29.3 Å². The highest BCUT2D eigenvalue weighted by atomic mass is 35.5. The summed E-state index contributed by atoms with van der Waals surface area (Å²) in [5.41, 5.74) is 1.58. The molecule has 0 heterocycles. The van der Waals surface area contributed by atoms with Crippen LogP contribution in [0.5, 0.6) is 0 Å². The first-order valence-electron chi connectivity index (χ1n) is 6.77. The molecule has 0 fully saturated rings. The van der Waals surface area contributed by atoms with Crippen LogP contribution in [-0.2, 0) is 4.79 Å². The predicted octanol–water partition coefficient (Wildman–Crippen LogP) is 4.18. The molecule has 0 radical (unpaired) electrons. The Kier molecular flexibility index (Phi) is 5.88. The summed E-state index contributed by atoms with van der Waals surface area (Å²) in [5.74, 6) is 0.227. The van der Waals surface area contributed by atoms with Gasteiger partial charge in [0.25, 0.3) is 0 Å². The summed E-state index contributed by atoms with van der Waals surface area (Å²) >= 11 is 7.45. The molecular weight excluding hydrogens is 316 g/mol. The highest BCUT2D eigenvalue weighted by Crippen LogP contribution is 2.27. The van der Waals surface area contributed by atoms with E-state index in [4.69, 9.17) is 16.9 Å². The second-order valence-corrected chi connectivity index (χ2v) is 6.17. The van der Waals surface area contributed by atoms with E-state index < -0.39 is 0 Å². The Morgan fingerprint density at radius 1 is 1.32 bits per heavy atom. The van der Waals surface area contributed by atoms with Crippen molar-refractivity contribution in [2.45, 2.75) is 17.9 Å². The number of hydrogen-bond acceptors (Lipinski definition) is 3. The first-order chi connectivity index (χ1) is 10.6. The summed E-state index contributed by atoms with van der Waals surface area (Å²) in [4.78, 5) is 12.8. The van der Waals surface area contributed by atoms with E-state index in [0.29, 0.717) is 10.6 Å². The average molecular weight is 331 g/mol. The molecule has 0 spiro atoms. The van der Waals surface area contributed by atoms with E-state index in [-0.39, 0.29) is 17.7 Å². The number of rotatable bonds is 5. The third-order valence-corrected chi connectivity index (χ3v) is 4.60. The van der Waals surface area contributed by atoms with Crippen LogP contribution in [0.2, 0.25) is 5.02 Å². The minimum Gasteiger partial charge on any atom is -0.349 e. The van der Waals surface area contributed by atoms with Gasteiger partial charge in [-0.3, -0.25) is 4.79 Å². The molecular formula is C17H15ClN2OS. The van der Waals surface area contributed by atoms with Crippen LogP contribution < -0.4 is 5.32 Å². The molecule has 3 nitrogen and oxygen atoms in total. The summed E-state index contributed by atoms with van der Waals surface area (Å²) in [6.07, 6.45) is 0. The first-order valence-corrected chi connectivity index (χ1v) is 8.13. The van der Waals surface area contributed by atoms with Crippen LogP contribution in [0.4, 0.5) is 0 Å². The maximum atomic E-state index is 12.0. The summed E-state index contributed by atoms with van der Waals surface area (Å²) in [6, 6.07) is 16.9. The van der Waals surface area contributed by atoms with Crippen molar-refractivity contribution in [3.63, 3.8) is 0 Å². The van der Waals surface area contributed by atoms with E-state index in [1.165, 1.54) is 11.8 Å². The number of amides is 1. The zero-order valence-electron chi connectivity index (χ0n) is 12.0. The average Bonchev–Trinajstić information content (AvgIpc) is 2.54. The van der Waals surface area contributed by atoms with Crippen molar-refractivity contribution < 1.29 is 4.79 Å². The molecule has 2 aromatic rings. The number of nitrogens with one attached hydrogen (secondary N) is 1. The molecule has 5 heteroatoms. The fourth-order valence-electron chi connectivity index (χ4n) is 1.94. The molecule has 22 heavy (non-hydrogen) atoms. The number of nitrogens with zero attached hydrogens (tertiary/aromatic N) is 1. The SMILES string of the molecule is C[C@H](NC(=O)CSc1ccc(C#N)cc1Cl)c1ccccc1. The Bertz CT molecular complexity index is 698.